The van der Waals surface area contributed by atoms with Crippen molar-refractivity contribution in [2.75, 3.05) is 27.7 Å². The Morgan fingerprint density at radius 3 is 2.28 bits per heavy atom. The van der Waals surface area contributed by atoms with Gasteiger partial charge in [0.2, 0.25) is 0 Å². The molecule has 0 aliphatic rings. The van der Waals surface area contributed by atoms with Crippen LogP contribution in [0.4, 0.5) is 0 Å². The van der Waals surface area contributed by atoms with E-state index in [9.17, 15) is 0 Å². The van der Waals surface area contributed by atoms with Crippen LogP contribution in [0, 0.1) is 20.8 Å². The molecule has 2 N–H and O–H groups in total. The summed E-state index contributed by atoms with van der Waals surface area (Å²) >= 11 is 0. The molecular weight excluding hydrogens is 475 g/mol. The van der Waals surface area contributed by atoms with E-state index < -0.39 is 0 Å². The van der Waals surface area contributed by atoms with Crippen LogP contribution in [0.3, 0.4) is 0 Å². The van der Waals surface area contributed by atoms with Crippen LogP contribution in [-0.4, -0.2) is 54.4 Å². The van der Waals surface area contributed by atoms with Gasteiger partial charge in [0, 0.05) is 32.4 Å². The van der Waals surface area contributed by atoms with E-state index in [2.05, 4.69) is 91.7 Å². The Labute approximate surface area is 193 Å². The van der Waals surface area contributed by atoms with Crippen molar-refractivity contribution < 1.29 is 0 Å². The molecule has 1 aromatic carbocycles. The largest absolute Gasteiger partial charge is 0.354 e. The van der Waals surface area contributed by atoms with E-state index in [0.29, 0.717) is 0 Å². The third-order valence-electron chi connectivity index (χ3n) is 5.32. The minimum atomic E-state index is 0. The molecule has 2 unspecified atom stereocenters. The average Bonchev–Trinajstić information content (AvgIpc) is 2.88. The molecule has 0 spiro atoms. The topological polar surface area (TPSA) is 57.5 Å². The number of rotatable bonds is 7. The zero-order valence-corrected chi connectivity index (χ0v) is 21.4. The predicted octanol–water partition coefficient (Wildman–Crippen LogP) is 3.36. The summed E-state index contributed by atoms with van der Waals surface area (Å²) in [6.07, 6.45) is 0.918. The lowest BCUT2D eigenvalue weighted by molar-refractivity contribution is 0.298. The molecule has 1 aromatic heterocycles. The van der Waals surface area contributed by atoms with Gasteiger partial charge < -0.3 is 15.5 Å². The van der Waals surface area contributed by atoms with Crippen molar-refractivity contribution in [1.82, 2.24) is 25.3 Å². The first-order valence-corrected chi connectivity index (χ1v) is 9.92. The number of hydrogen-bond donors (Lipinski definition) is 2. The van der Waals surface area contributed by atoms with Gasteiger partial charge in [-0.1, -0.05) is 29.8 Å². The van der Waals surface area contributed by atoms with Crippen molar-refractivity contribution in [3.63, 3.8) is 0 Å². The Morgan fingerprint density at radius 1 is 1.17 bits per heavy atom. The van der Waals surface area contributed by atoms with Crippen LogP contribution in [0.2, 0.25) is 0 Å². The highest BCUT2D eigenvalue weighted by Gasteiger charge is 2.17. The summed E-state index contributed by atoms with van der Waals surface area (Å²) in [7, 11) is 8.04. The summed E-state index contributed by atoms with van der Waals surface area (Å²) in [5, 5.41) is 11.5. The van der Waals surface area contributed by atoms with E-state index in [1.165, 1.54) is 22.4 Å². The summed E-state index contributed by atoms with van der Waals surface area (Å²) in [4.78, 5) is 6.65. The predicted molar refractivity (Wildman–Crippen MR) is 133 cm³/mol. The van der Waals surface area contributed by atoms with Gasteiger partial charge in [-0.15, -0.1) is 24.0 Å². The molecule has 0 saturated carbocycles. The smallest absolute Gasteiger partial charge is 0.191 e. The summed E-state index contributed by atoms with van der Waals surface area (Å²) in [5.74, 6) is 0.825. The summed E-state index contributed by atoms with van der Waals surface area (Å²) in [6.45, 7) is 9.28. The second-order valence-corrected chi connectivity index (χ2v) is 7.87. The van der Waals surface area contributed by atoms with E-state index in [-0.39, 0.29) is 36.1 Å². The first-order valence-electron chi connectivity index (χ1n) is 9.92. The van der Waals surface area contributed by atoms with Gasteiger partial charge in [-0.3, -0.25) is 9.67 Å². The molecule has 6 nitrogen and oxygen atoms in total. The van der Waals surface area contributed by atoms with Gasteiger partial charge in [0.1, 0.15) is 0 Å². The normalized spacial score (nSPS) is 13.8. The zero-order chi connectivity index (χ0) is 20.8. The maximum atomic E-state index is 4.52. The summed E-state index contributed by atoms with van der Waals surface area (Å²) < 4.78 is 1.95. The minimum absolute atomic E-state index is 0. The number of likely N-dealkylation sites (N-methyl/N-ethyl adjacent to an activating group) is 1. The van der Waals surface area contributed by atoms with E-state index in [0.717, 1.165) is 24.6 Å². The SMILES string of the molecule is CN=C(NCC(c1ccc(C)cc1)N(C)C)NC(C)Cc1c(C)nn(C)c1C.I. The second-order valence-electron chi connectivity index (χ2n) is 7.87. The van der Waals surface area contributed by atoms with E-state index >= 15 is 0 Å². The Kier molecular flexibility index (Phi) is 10.1. The van der Waals surface area contributed by atoms with Crippen molar-refractivity contribution in [2.24, 2.45) is 12.0 Å². The van der Waals surface area contributed by atoms with Crippen molar-refractivity contribution in [1.29, 1.82) is 0 Å². The lowest BCUT2D eigenvalue weighted by atomic mass is 10.0. The number of nitrogens with one attached hydrogen (secondary N) is 2. The molecular formula is C22H37IN6. The number of aliphatic imine (C=N–C) groups is 1. The average molecular weight is 512 g/mol. The van der Waals surface area contributed by atoms with Crippen molar-refractivity contribution in [2.45, 2.75) is 46.2 Å². The lowest BCUT2D eigenvalue weighted by Crippen LogP contribution is -2.45. The first-order chi connectivity index (χ1) is 13.2. The lowest BCUT2D eigenvalue weighted by Gasteiger charge is -2.27. The van der Waals surface area contributed by atoms with Crippen LogP contribution >= 0.6 is 24.0 Å². The summed E-state index contributed by atoms with van der Waals surface area (Å²) in [5.41, 5.74) is 6.21. The molecule has 0 radical (unpaired) electrons. The molecule has 2 aromatic rings. The third-order valence-corrected chi connectivity index (χ3v) is 5.32. The van der Waals surface area contributed by atoms with Gasteiger partial charge in [-0.2, -0.15) is 5.10 Å². The standard InChI is InChI=1S/C22H36N6.HI/c1-15-9-11-19(12-10-15)21(27(6)7)14-24-22(23-5)25-16(2)13-20-17(3)26-28(8)18(20)4;/h9-12,16,21H,13-14H2,1-8H3,(H2,23,24,25);1H. The number of aromatic nitrogens is 2. The molecule has 0 amide bonds. The minimum Gasteiger partial charge on any atom is -0.354 e. The third kappa shape index (κ3) is 6.99. The number of aryl methyl sites for hydroxylation is 3. The van der Waals surface area contributed by atoms with Crippen LogP contribution < -0.4 is 10.6 Å². The van der Waals surface area contributed by atoms with E-state index in [4.69, 9.17) is 0 Å². The molecule has 7 heteroatoms. The fraction of sp³-hybridized carbons (Fsp3) is 0.545. The molecule has 0 bridgehead atoms. The van der Waals surface area contributed by atoms with Gasteiger partial charge in [-0.25, -0.2) is 0 Å². The number of guanidine groups is 1. The monoisotopic (exact) mass is 512 g/mol. The molecule has 0 aliphatic carbocycles. The number of halogens is 1. The Balaban J connectivity index is 0.00000420. The van der Waals surface area contributed by atoms with Crippen molar-refractivity contribution in [3.05, 3.63) is 52.3 Å². The van der Waals surface area contributed by atoms with Crippen LogP contribution in [0.25, 0.3) is 0 Å². The Hall–Kier alpha value is -1.61. The maximum Gasteiger partial charge on any atom is 0.191 e. The molecule has 2 rings (SSSR count). The van der Waals surface area contributed by atoms with E-state index in [1.54, 1.807) is 0 Å². The molecule has 0 aliphatic heterocycles. The number of benzene rings is 1. The van der Waals surface area contributed by atoms with Gasteiger partial charge in [-0.05, 0) is 59.3 Å². The highest BCUT2D eigenvalue weighted by atomic mass is 127. The molecule has 162 valence electrons. The molecule has 0 saturated heterocycles. The van der Waals surface area contributed by atoms with Crippen LogP contribution in [-0.2, 0) is 13.5 Å². The maximum absolute atomic E-state index is 4.52. The van der Waals surface area contributed by atoms with Crippen LogP contribution in [0.1, 0.15) is 41.0 Å². The first kappa shape index (κ1) is 25.4. The Bertz CT molecular complexity index is 794. The summed E-state index contributed by atoms with van der Waals surface area (Å²) in [6, 6.07) is 9.27. The van der Waals surface area contributed by atoms with Gasteiger partial charge in [0.15, 0.2) is 5.96 Å². The highest BCUT2D eigenvalue weighted by Crippen LogP contribution is 2.18. The number of nitrogens with zero attached hydrogens (tertiary/aromatic N) is 4. The molecule has 0 fully saturated rings. The van der Waals surface area contributed by atoms with Crippen molar-refractivity contribution in [3.8, 4) is 0 Å². The van der Waals surface area contributed by atoms with Crippen LogP contribution in [0.5, 0.6) is 0 Å². The molecule has 2 atom stereocenters. The number of hydrogen-bond acceptors (Lipinski definition) is 3. The van der Waals surface area contributed by atoms with Crippen molar-refractivity contribution >= 4 is 29.9 Å². The van der Waals surface area contributed by atoms with Gasteiger partial charge >= 0.3 is 0 Å². The Morgan fingerprint density at radius 2 is 1.79 bits per heavy atom. The second kappa shape index (κ2) is 11.5. The quantitative estimate of drug-likeness (QED) is 0.340. The van der Waals surface area contributed by atoms with Crippen LogP contribution in [0.15, 0.2) is 29.3 Å². The van der Waals surface area contributed by atoms with E-state index in [1.807, 2.05) is 18.8 Å². The molecule has 29 heavy (non-hydrogen) atoms. The fourth-order valence-corrected chi connectivity index (χ4v) is 3.48. The van der Waals surface area contributed by atoms with Gasteiger partial charge in [0.25, 0.3) is 0 Å². The van der Waals surface area contributed by atoms with Gasteiger partial charge in [0.05, 0.1) is 11.7 Å². The highest BCUT2D eigenvalue weighted by molar-refractivity contribution is 14.0. The molecule has 1 heterocycles. The zero-order valence-electron chi connectivity index (χ0n) is 19.1. The fourth-order valence-electron chi connectivity index (χ4n) is 3.48.